The molecular weight excluding hydrogens is 1610 g/mol. The average molecular weight is 1790 g/mol. The number of rotatable bonds is 38. The van der Waals surface area contributed by atoms with Crippen LogP contribution in [0.4, 0.5) is 0 Å². The quantitative estimate of drug-likeness (QED) is 0.0104. The second kappa shape index (κ2) is 77.6. The molecule has 0 spiro atoms. The highest BCUT2D eigenvalue weighted by Crippen LogP contribution is 2.38. The van der Waals surface area contributed by atoms with Gasteiger partial charge in [-0.2, -0.15) is 0 Å². The molecule has 2 aromatic rings. The van der Waals surface area contributed by atoms with E-state index in [-0.39, 0.29) is 130 Å². The van der Waals surface area contributed by atoms with Crippen molar-refractivity contribution in [2.75, 3.05) is 109 Å². The molecule has 0 amide bonds. The largest absolute Gasteiger partial charge is 0.438 e. The van der Waals surface area contributed by atoms with Crippen LogP contribution in [0, 0.1) is 76.9 Å². The Balaban J connectivity index is -0.000000166. The monoisotopic (exact) mass is 1790 g/mol. The zero-order chi connectivity index (χ0) is 98.8. The summed E-state index contributed by atoms with van der Waals surface area (Å²) in [5.74, 6) is 3.86. The second-order valence-corrected chi connectivity index (χ2v) is 40.5. The number of ether oxygens (including phenoxy) is 1. The summed E-state index contributed by atoms with van der Waals surface area (Å²) in [6.07, 6.45) is 15.1. The molecule has 2 aromatic heterocycles. The number of Topliss-reactive ketones (excluding diaryl/α,β-unsaturated/α-hetero) is 10. The van der Waals surface area contributed by atoms with Crippen molar-refractivity contribution in [3.05, 3.63) is 60.2 Å². The SMILES string of the molecule is CC(=O)C(C)C.CC(=O)C(C)C.CC(C)C(=O)CCCN1CCCCC1.CC(C)C(=O)CCC[N+](C)(C)C.CC(C)C(=O)CN(C)C.CC(C)C(=O)OCOP(C)(=O)O.CC(C)C(=O)[C@@H](N)C(C)C.CC(C)C(=O)[C@@H](N)CCCCN.CC(C)C(=O)[C@H](C(C)C)N(C)C.CC(C)C(=O)c1ccccn1.CC(C)C(=O)c1cccnc1.CC(C)OP(C)(=O)O. The molecular formula is C94H184N9O18P2+. The van der Waals surface area contributed by atoms with Crippen molar-refractivity contribution in [3.63, 3.8) is 0 Å². The molecule has 1 aliphatic rings. The number of likely N-dealkylation sites (tertiary alicyclic amines) is 1. The number of esters is 1. The van der Waals surface area contributed by atoms with Crippen LogP contribution in [0.25, 0.3) is 0 Å². The summed E-state index contributed by atoms with van der Waals surface area (Å²) < 4.78 is 35.2. The molecule has 0 aromatic carbocycles. The smallest absolute Gasteiger partial charge is 0.327 e. The van der Waals surface area contributed by atoms with Crippen LogP contribution in [0.1, 0.15) is 293 Å². The van der Waals surface area contributed by atoms with Crippen molar-refractivity contribution in [1.29, 1.82) is 0 Å². The van der Waals surface area contributed by atoms with Crippen LogP contribution < -0.4 is 17.2 Å². The lowest BCUT2D eigenvalue weighted by Crippen LogP contribution is -2.42. The van der Waals surface area contributed by atoms with Crippen molar-refractivity contribution < 1.29 is 89.9 Å². The number of nitrogens with two attached hydrogens (primary N) is 3. The summed E-state index contributed by atoms with van der Waals surface area (Å²) in [5.41, 5.74) is 17.9. The Morgan fingerprint density at radius 2 is 0.951 bits per heavy atom. The topological polar surface area (TPSA) is 404 Å². The maximum absolute atomic E-state index is 11.7. The first-order valence-corrected chi connectivity index (χ1v) is 48.3. The second-order valence-electron chi connectivity index (χ2n) is 36.9. The van der Waals surface area contributed by atoms with Gasteiger partial charge in [-0.1, -0.05) is 199 Å². The van der Waals surface area contributed by atoms with Gasteiger partial charge < -0.3 is 50.5 Å². The molecule has 29 heteroatoms. The van der Waals surface area contributed by atoms with Crippen LogP contribution >= 0.6 is 15.2 Å². The number of carbonyl (C=O) groups is 11. The fourth-order valence-corrected chi connectivity index (χ4v) is 10.2. The van der Waals surface area contributed by atoms with Crippen LogP contribution in [-0.2, 0) is 66.1 Å². The first-order valence-electron chi connectivity index (χ1n) is 44.2. The van der Waals surface area contributed by atoms with Gasteiger partial charge in [0, 0.05) is 116 Å². The standard InChI is InChI=1S/C12H23NO.C10H22NO.C10H21NO.C9H20N2O.2C9H11NO.C8H17NO.C7H15NO.C6H13O5P.2C5H10O.C4H11O3P/c1-11(2)12(14)7-6-10-13-8-4-3-5-9-13;1-9(2)10(12)7-6-8-11(3,4)5;1-7(2)9(11(5)6)10(12)8(3)4;1-7(2)9(12)8(11)5-3-4-6-10;1-7(2)9(11)8-4-3-5-10-6-8;1-7(2)9(11)8-5-3-4-6-10-8;1-5(2)7(9)8(10)6(3)4;1-6(2)7(9)5-8(3)4;1-5(2)6(7)10-4-11-12(3,8)9;2*1-4(2)5(3)6;1-4(2)7-8(3,5)6/h11H,3-10H2,1-2H3;9H,6-8H2,1-5H3;7-9H,1-6H3;7-8H,3-6,10-11H2,1-2H3;2*3-7H,1-2H3;5-7H,9H2,1-4H3;6H,5H2,1-4H3;5H,4H2,1-3H3,(H,8,9);2*4H,1-3H3;4H,1-3H3,(H,5,6)/q;+1;;;;;;;;;;/t;;9-;8-;;;7-;;;;;/m..00..0...../s1. The molecule has 1 fully saturated rings. The molecule has 3 rings (SSSR count). The van der Waals surface area contributed by atoms with Crippen LogP contribution in [-0.4, -0.2) is 236 Å². The molecule has 5 atom stereocenters. The van der Waals surface area contributed by atoms with Gasteiger partial charge in [0.2, 0.25) is 6.79 Å². The highest BCUT2D eigenvalue weighted by molar-refractivity contribution is 7.52. The number of piperidine rings is 1. The lowest BCUT2D eigenvalue weighted by Gasteiger charge is -2.27. The van der Waals surface area contributed by atoms with Gasteiger partial charge in [0.05, 0.1) is 64.4 Å². The summed E-state index contributed by atoms with van der Waals surface area (Å²) in [6.45, 7) is 64.0. The van der Waals surface area contributed by atoms with E-state index in [0.29, 0.717) is 53.4 Å². The normalized spacial score (nSPS) is 13.5. The number of ketones is 10. The van der Waals surface area contributed by atoms with Crippen molar-refractivity contribution in [2.45, 2.75) is 296 Å². The third-order valence-corrected chi connectivity index (χ3v) is 18.9. The van der Waals surface area contributed by atoms with Crippen LogP contribution in [0.2, 0.25) is 0 Å². The maximum atomic E-state index is 11.7. The summed E-state index contributed by atoms with van der Waals surface area (Å²) in [6, 6.07) is 8.44. The predicted octanol–water partition coefficient (Wildman–Crippen LogP) is 17.1. The molecule has 8 N–H and O–H groups in total. The number of pyridine rings is 2. The predicted molar refractivity (Wildman–Crippen MR) is 508 cm³/mol. The molecule has 27 nitrogen and oxygen atoms in total. The number of quaternary nitrogens is 1. The Morgan fingerprint density at radius 1 is 0.512 bits per heavy atom. The van der Waals surface area contributed by atoms with E-state index in [9.17, 15) is 61.9 Å². The summed E-state index contributed by atoms with van der Waals surface area (Å²) in [5, 5.41) is 0. The maximum Gasteiger partial charge on any atom is 0.327 e. The molecule has 123 heavy (non-hydrogen) atoms. The first-order chi connectivity index (χ1) is 56.0. The van der Waals surface area contributed by atoms with Gasteiger partial charge in [0.25, 0.3) is 0 Å². The Morgan fingerprint density at radius 3 is 1.22 bits per heavy atom. The van der Waals surface area contributed by atoms with Crippen molar-refractivity contribution in [3.8, 4) is 0 Å². The van der Waals surface area contributed by atoms with E-state index in [0.717, 1.165) is 69.2 Å². The Kier molecular flexibility index (Phi) is 85.5. The fourth-order valence-electron chi connectivity index (χ4n) is 9.16. The van der Waals surface area contributed by atoms with E-state index in [1.54, 1.807) is 84.4 Å². The number of nitrogens with zero attached hydrogens (tertiary/aromatic N) is 6. The van der Waals surface area contributed by atoms with Gasteiger partial charge in [-0.05, 0) is 150 Å². The minimum Gasteiger partial charge on any atom is -0.438 e. The minimum absolute atomic E-state index is 0.0323. The van der Waals surface area contributed by atoms with Gasteiger partial charge in [0.15, 0.2) is 28.9 Å². The van der Waals surface area contributed by atoms with Crippen LogP contribution in [0.5, 0.6) is 0 Å². The van der Waals surface area contributed by atoms with Gasteiger partial charge in [0.1, 0.15) is 34.6 Å². The molecule has 3 heterocycles. The highest BCUT2D eigenvalue weighted by atomic mass is 31.2. The van der Waals surface area contributed by atoms with Crippen molar-refractivity contribution >= 4 is 79.0 Å². The van der Waals surface area contributed by atoms with Gasteiger partial charge in [-0.25, -0.2) is 0 Å². The lowest BCUT2D eigenvalue weighted by atomic mass is 9.92. The zero-order valence-corrected chi connectivity index (χ0v) is 86.5. The van der Waals surface area contributed by atoms with E-state index in [4.69, 9.17) is 27.0 Å². The number of aromatic nitrogens is 2. The highest BCUT2D eigenvalue weighted by Gasteiger charge is 2.26. The minimum atomic E-state index is -3.53. The molecule has 1 saturated heterocycles. The van der Waals surface area contributed by atoms with E-state index in [1.165, 1.54) is 39.0 Å². The van der Waals surface area contributed by atoms with Gasteiger partial charge in [-0.15, -0.1) is 0 Å². The Hall–Kier alpha value is -5.51. The van der Waals surface area contributed by atoms with E-state index in [1.807, 2.05) is 196 Å². The number of carbonyl (C=O) groups excluding carboxylic acids is 11. The number of unbranched alkanes of at least 4 members (excludes halogenated alkanes) is 1. The van der Waals surface area contributed by atoms with Gasteiger partial charge >= 0.3 is 21.2 Å². The molecule has 1 aliphatic heterocycles. The Labute approximate surface area is 749 Å². The number of likely N-dealkylation sites (N-methyl/N-ethyl adjacent to an activating group) is 2. The molecule has 2 unspecified atom stereocenters. The van der Waals surface area contributed by atoms with E-state index in [2.05, 4.69) is 63.6 Å². The van der Waals surface area contributed by atoms with Crippen molar-refractivity contribution in [2.24, 2.45) is 94.1 Å². The Bertz CT molecular complexity index is 3110. The van der Waals surface area contributed by atoms with E-state index >= 15 is 0 Å². The van der Waals surface area contributed by atoms with Crippen molar-refractivity contribution in [1.82, 2.24) is 24.7 Å². The molecule has 0 saturated carbocycles. The number of hydrogen-bond acceptors (Lipinski definition) is 24. The average Bonchev–Trinajstić information content (AvgIpc) is 0.933. The van der Waals surface area contributed by atoms with Crippen LogP contribution in [0.3, 0.4) is 0 Å². The third-order valence-electron chi connectivity index (χ3n) is 17.5. The summed E-state index contributed by atoms with van der Waals surface area (Å²) in [4.78, 5) is 153. The molecule has 0 radical (unpaired) electrons. The fraction of sp³-hybridized carbons (Fsp3) is 0.777. The van der Waals surface area contributed by atoms with Crippen LogP contribution in [0.15, 0.2) is 48.9 Å². The van der Waals surface area contributed by atoms with E-state index < -0.39 is 28.0 Å². The summed E-state index contributed by atoms with van der Waals surface area (Å²) in [7, 11) is 7.44. The number of hydrogen-bond donors (Lipinski definition) is 5. The molecule has 722 valence electrons. The lowest BCUT2D eigenvalue weighted by molar-refractivity contribution is -0.870. The molecule has 0 aliphatic carbocycles. The first kappa shape index (κ1) is 135. The summed E-state index contributed by atoms with van der Waals surface area (Å²) >= 11 is 0. The third kappa shape index (κ3) is 92.5. The molecule has 0 bridgehead atoms. The van der Waals surface area contributed by atoms with Gasteiger partial charge in [-0.3, -0.25) is 81.3 Å². The zero-order valence-electron chi connectivity index (χ0n) is 84.7.